The summed E-state index contributed by atoms with van der Waals surface area (Å²) in [6.45, 7) is 6.39. The number of amides is 1. The second kappa shape index (κ2) is 8.11. The van der Waals surface area contributed by atoms with Crippen LogP contribution in [-0.4, -0.2) is 31.6 Å². The second-order valence-corrected chi connectivity index (χ2v) is 9.32. The number of carbonyl (C=O) groups excluding carboxylic acids is 1. The Kier molecular flexibility index (Phi) is 5.49. The summed E-state index contributed by atoms with van der Waals surface area (Å²) in [5, 5.41) is 0. The maximum Gasteiger partial charge on any atom is 0.266 e. The van der Waals surface area contributed by atoms with E-state index in [0.717, 1.165) is 11.3 Å². The van der Waals surface area contributed by atoms with Crippen LogP contribution in [0.15, 0.2) is 59.5 Å². The Balaban J connectivity index is 1.51. The zero-order valence-electron chi connectivity index (χ0n) is 17.6. The molecule has 1 aliphatic heterocycles. The third kappa shape index (κ3) is 4.29. The molecule has 4 rings (SSSR count). The molecule has 0 bridgehead atoms. The number of hydrogen-bond donors (Lipinski definition) is 1. The molecule has 0 radical (unpaired) electrons. The molecule has 0 fully saturated rings. The minimum Gasteiger partial charge on any atom is -0.486 e. The quantitative estimate of drug-likeness (QED) is 0.657. The van der Waals surface area contributed by atoms with E-state index in [4.69, 9.17) is 9.47 Å². The largest absolute Gasteiger partial charge is 0.486 e. The van der Waals surface area contributed by atoms with E-state index in [-0.39, 0.29) is 11.0 Å². The Labute approximate surface area is 181 Å². The van der Waals surface area contributed by atoms with E-state index in [1.807, 2.05) is 42.7 Å². The van der Waals surface area contributed by atoms with Crippen molar-refractivity contribution in [3.05, 3.63) is 77.1 Å². The highest BCUT2D eigenvalue weighted by molar-refractivity contribution is 7.90. The standard InChI is InChI=1S/C23H24N2O5S/c1-15-8-10-19(11-9-15)31(27,28)24-23(26)20-12-16(2)25(17(20)3)13-18-14-29-21-6-4-5-7-22(21)30-18/h4-12,18H,13-14H2,1-3H3,(H,24,26)/t18-/m0/s1. The summed E-state index contributed by atoms with van der Waals surface area (Å²) in [5.41, 5.74) is 2.74. The monoisotopic (exact) mass is 440 g/mol. The number of aryl methyl sites for hydroxylation is 2. The summed E-state index contributed by atoms with van der Waals surface area (Å²) < 4.78 is 41.1. The minimum atomic E-state index is -3.96. The van der Waals surface area contributed by atoms with Crippen LogP contribution in [0.25, 0.3) is 0 Å². The van der Waals surface area contributed by atoms with Gasteiger partial charge in [-0.1, -0.05) is 29.8 Å². The zero-order chi connectivity index (χ0) is 22.2. The van der Waals surface area contributed by atoms with Crippen LogP contribution < -0.4 is 14.2 Å². The Morgan fingerprint density at radius 3 is 2.45 bits per heavy atom. The normalized spacial score (nSPS) is 15.5. The van der Waals surface area contributed by atoms with Gasteiger partial charge >= 0.3 is 0 Å². The van der Waals surface area contributed by atoms with E-state index in [9.17, 15) is 13.2 Å². The van der Waals surface area contributed by atoms with Gasteiger partial charge in [-0.05, 0) is 51.1 Å². The van der Waals surface area contributed by atoms with E-state index in [1.165, 1.54) is 12.1 Å². The van der Waals surface area contributed by atoms with Crippen LogP contribution in [0.4, 0.5) is 0 Å². The van der Waals surface area contributed by atoms with Crippen molar-refractivity contribution in [1.29, 1.82) is 0 Å². The van der Waals surface area contributed by atoms with Crippen LogP contribution in [-0.2, 0) is 16.6 Å². The smallest absolute Gasteiger partial charge is 0.266 e. The number of ether oxygens (including phenoxy) is 2. The average molecular weight is 441 g/mol. The first-order valence-corrected chi connectivity index (χ1v) is 11.4. The highest BCUT2D eigenvalue weighted by Gasteiger charge is 2.25. The average Bonchev–Trinajstić information content (AvgIpc) is 3.02. The predicted octanol–water partition coefficient (Wildman–Crippen LogP) is 3.37. The van der Waals surface area contributed by atoms with Gasteiger partial charge in [0.1, 0.15) is 6.61 Å². The molecule has 3 aromatic rings. The van der Waals surface area contributed by atoms with Gasteiger partial charge < -0.3 is 14.0 Å². The fourth-order valence-corrected chi connectivity index (χ4v) is 4.59. The third-order valence-electron chi connectivity index (χ3n) is 5.33. The number of nitrogens with zero attached hydrogens (tertiary/aromatic N) is 1. The molecule has 7 nitrogen and oxygen atoms in total. The molecule has 2 heterocycles. The highest BCUT2D eigenvalue weighted by atomic mass is 32.2. The van der Waals surface area contributed by atoms with Gasteiger partial charge in [-0.2, -0.15) is 0 Å². The van der Waals surface area contributed by atoms with Gasteiger partial charge in [0.2, 0.25) is 0 Å². The molecule has 0 saturated heterocycles. The van der Waals surface area contributed by atoms with Crippen molar-refractivity contribution in [3.8, 4) is 11.5 Å². The lowest BCUT2D eigenvalue weighted by Crippen LogP contribution is -2.34. The first kappa shape index (κ1) is 21.0. The number of benzene rings is 2. The van der Waals surface area contributed by atoms with Crippen LogP contribution in [0.2, 0.25) is 0 Å². The van der Waals surface area contributed by atoms with Crippen molar-refractivity contribution in [2.75, 3.05) is 6.61 Å². The molecule has 31 heavy (non-hydrogen) atoms. The van der Waals surface area contributed by atoms with E-state index < -0.39 is 15.9 Å². The van der Waals surface area contributed by atoms with Crippen LogP contribution in [0, 0.1) is 20.8 Å². The number of aromatic nitrogens is 1. The van der Waals surface area contributed by atoms with Crippen molar-refractivity contribution < 1.29 is 22.7 Å². The molecule has 2 aromatic carbocycles. The molecule has 1 aliphatic rings. The van der Waals surface area contributed by atoms with Crippen LogP contribution in [0.5, 0.6) is 11.5 Å². The Morgan fingerprint density at radius 2 is 1.74 bits per heavy atom. The van der Waals surface area contributed by atoms with Crippen LogP contribution >= 0.6 is 0 Å². The fourth-order valence-electron chi connectivity index (χ4n) is 3.62. The van der Waals surface area contributed by atoms with Gasteiger partial charge in [0.25, 0.3) is 15.9 Å². The van der Waals surface area contributed by atoms with E-state index >= 15 is 0 Å². The molecule has 1 atom stereocenters. The number of rotatable bonds is 5. The fraction of sp³-hybridized carbons (Fsp3) is 0.261. The highest BCUT2D eigenvalue weighted by Crippen LogP contribution is 2.31. The van der Waals surface area contributed by atoms with Gasteiger partial charge in [0, 0.05) is 11.4 Å². The zero-order valence-corrected chi connectivity index (χ0v) is 18.4. The Bertz CT molecular complexity index is 1230. The van der Waals surface area contributed by atoms with E-state index in [1.54, 1.807) is 25.1 Å². The first-order chi connectivity index (χ1) is 14.7. The predicted molar refractivity (Wildman–Crippen MR) is 116 cm³/mol. The maximum atomic E-state index is 12.8. The molecule has 1 amide bonds. The molecule has 0 saturated carbocycles. The van der Waals surface area contributed by atoms with Crippen LogP contribution in [0.1, 0.15) is 27.3 Å². The van der Waals surface area contributed by atoms with Gasteiger partial charge in [-0.15, -0.1) is 0 Å². The van der Waals surface area contributed by atoms with Crippen molar-refractivity contribution in [2.24, 2.45) is 0 Å². The molecule has 1 N–H and O–H groups in total. The lowest BCUT2D eigenvalue weighted by atomic mass is 10.2. The number of para-hydroxylation sites is 2. The Hall–Kier alpha value is -3.26. The first-order valence-electron chi connectivity index (χ1n) is 9.93. The lowest BCUT2D eigenvalue weighted by Gasteiger charge is -2.27. The number of fused-ring (bicyclic) bond motifs is 1. The van der Waals surface area contributed by atoms with Crippen molar-refractivity contribution in [2.45, 2.75) is 38.3 Å². The number of sulfonamides is 1. The molecule has 1 aromatic heterocycles. The van der Waals surface area contributed by atoms with Gasteiger partial charge in [-0.3, -0.25) is 4.79 Å². The molecule has 0 spiro atoms. The number of carbonyl (C=O) groups is 1. The van der Waals surface area contributed by atoms with E-state index in [0.29, 0.717) is 35.9 Å². The lowest BCUT2D eigenvalue weighted by molar-refractivity contribution is 0.0777. The second-order valence-electron chi connectivity index (χ2n) is 7.64. The van der Waals surface area contributed by atoms with E-state index in [2.05, 4.69) is 4.72 Å². The van der Waals surface area contributed by atoms with Gasteiger partial charge in [-0.25, -0.2) is 13.1 Å². The van der Waals surface area contributed by atoms with Crippen LogP contribution in [0.3, 0.4) is 0 Å². The molecular formula is C23H24N2O5S. The summed E-state index contributed by atoms with van der Waals surface area (Å²) in [7, 11) is -3.96. The Morgan fingerprint density at radius 1 is 1.06 bits per heavy atom. The number of nitrogens with one attached hydrogen (secondary N) is 1. The molecular weight excluding hydrogens is 416 g/mol. The molecule has 0 unspecified atom stereocenters. The summed E-state index contributed by atoms with van der Waals surface area (Å²) in [6.07, 6.45) is -0.230. The summed E-state index contributed by atoms with van der Waals surface area (Å²) in [6, 6.07) is 15.5. The third-order valence-corrected chi connectivity index (χ3v) is 6.68. The molecule has 162 valence electrons. The molecule has 8 heteroatoms. The number of hydrogen-bond acceptors (Lipinski definition) is 5. The van der Waals surface area contributed by atoms with Crippen molar-refractivity contribution >= 4 is 15.9 Å². The molecule has 0 aliphatic carbocycles. The summed E-state index contributed by atoms with van der Waals surface area (Å²) in [4.78, 5) is 12.8. The van der Waals surface area contributed by atoms with Crippen molar-refractivity contribution in [3.63, 3.8) is 0 Å². The minimum absolute atomic E-state index is 0.0478. The topological polar surface area (TPSA) is 86.6 Å². The maximum absolute atomic E-state index is 12.8. The SMILES string of the molecule is Cc1ccc(S(=O)(=O)NC(=O)c2cc(C)n(C[C@H]3COc4ccccc4O3)c2C)cc1. The van der Waals surface area contributed by atoms with Gasteiger partial charge in [0.05, 0.1) is 17.0 Å². The summed E-state index contributed by atoms with van der Waals surface area (Å²) >= 11 is 0. The van der Waals surface area contributed by atoms with Crippen molar-refractivity contribution in [1.82, 2.24) is 9.29 Å². The summed E-state index contributed by atoms with van der Waals surface area (Å²) in [5.74, 6) is 0.732. The van der Waals surface area contributed by atoms with Gasteiger partial charge in [0.15, 0.2) is 17.6 Å².